The maximum Gasteiger partial charge on any atom is 0.0591 e. The molecule has 2 aromatic rings. The minimum absolute atomic E-state index is 0.730. The fourth-order valence-electron chi connectivity index (χ4n) is 3.26. The molecule has 0 aromatic heterocycles. The van der Waals surface area contributed by atoms with Crippen molar-refractivity contribution in [2.24, 2.45) is 0 Å². The summed E-state index contributed by atoms with van der Waals surface area (Å²) in [6, 6.07) is 17.5. The van der Waals surface area contributed by atoms with Crippen molar-refractivity contribution in [3.8, 4) is 0 Å². The predicted molar refractivity (Wildman–Crippen MR) is 121 cm³/mol. The van der Waals surface area contributed by atoms with Crippen LogP contribution >= 0.6 is 0 Å². The smallest absolute Gasteiger partial charge is 0.0591 e. The zero-order valence-electron chi connectivity index (χ0n) is 17.9. The maximum absolute atomic E-state index is 5.70. The van der Waals surface area contributed by atoms with E-state index in [9.17, 15) is 0 Å². The largest absolute Gasteiger partial charge is 0.379 e. The quantitative estimate of drug-likeness (QED) is 0.529. The Morgan fingerprint density at radius 1 is 0.400 bits per heavy atom. The van der Waals surface area contributed by atoms with Crippen LogP contribution in [0.2, 0.25) is 0 Å². The number of hydrogen-bond acceptors (Lipinski definition) is 6. The van der Waals surface area contributed by atoms with Crippen LogP contribution in [0.4, 0.5) is 0 Å². The van der Waals surface area contributed by atoms with Gasteiger partial charge in [0, 0.05) is 52.4 Å². The standard InChI is InChI=1S/C24H36N4O2/c1-2-22-4-3-21(1)17-25-9-13-29-15-11-27-19-23-5-7-24(8-6-23)20-28-12-16-30-14-10-26-18-22/h1-8,25-28H,9-20H2. The second-order valence-electron chi connectivity index (χ2n) is 7.56. The molecule has 164 valence electrons. The molecule has 4 aliphatic heterocycles. The first-order chi connectivity index (χ1) is 14.9. The Bertz CT molecular complexity index is 572. The summed E-state index contributed by atoms with van der Waals surface area (Å²) in [7, 11) is 0. The number of rotatable bonds is 0. The summed E-state index contributed by atoms with van der Waals surface area (Å²) in [5, 5.41) is 13.8. The molecule has 0 atom stereocenters. The van der Waals surface area contributed by atoms with E-state index in [1.807, 2.05) is 0 Å². The second kappa shape index (κ2) is 14.2. The first-order valence-electron chi connectivity index (χ1n) is 11.0. The lowest BCUT2D eigenvalue weighted by atomic mass is 10.1. The summed E-state index contributed by atoms with van der Waals surface area (Å²) in [5.74, 6) is 0. The van der Waals surface area contributed by atoms with Gasteiger partial charge in [-0.15, -0.1) is 0 Å². The lowest BCUT2D eigenvalue weighted by molar-refractivity contribution is 0.137. The fraction of sp³-hybridized carbons (Fsp3) is 0.500. The third kappa shape index (κ3) is 9.34. The summed E-state index contributed by atoms with van der Waals surface area (Å²) >= 11 is 0. The topological polar surface area (TPSA) is 66.6 Å². The van der Waals surface area contributed by atoms with Gasteiger partial charge in [-0.3, -0.25) is 0 Å². The maximum atomic E-state index is 5.70. The van der Waals surface area contributed by atoms with Gasteiger partial charge < -0.3 is 30.7 Å². The van der Waals surface area contributed by atoms with Gasteiger partial charge in [0.1, 0.15) is 0 Å². The van der Waals surface area contributed by atoms with E-state index in [0.29, 0.717) is 0 Å². The SMILES string of the molecule is c1cc2ccc1CNCCOCCNCc1ccc(cc1)CNCCOCCNC2. The number of nitrogens with one attached hydrogen (secondary N) is 4. The highest BCUT2D eigenvalue weighted by atomic mass is 16.5. The van der Waals surface area contributed by atoms with Crippen LogP contribution in [0, 0.1) is 0 Å². The third-order valence-electron chi connectivity index (χ3n) is 5.06. The van der Waals surface area contributed by atoms with Crippen LogP contribution in [-0.2, 0) is 35.7 Å². The fourth-order valence-corrected chi connectivity index (χ4v) is 3.26. The summed E-state index contributed by atoms with van der Waals surface area (Å²) in [5.41, 5.74) is 5.18. The highest BCUT2D eigenvalue weighted by Gasteiger charge is 1.98. The van der Waals surface area contributed by atoms with E-state index in [1.54, 1.807) is 0 Å². The van der Waals surface area contributed by atoms with Gasteiger partial charge in [0.05, 0.1) is 26.4 Å². The number of benzene rings is 2. The van der Waals surface area contributed by atoms with Gasteiger partial charge in [0.25, 0.3) is 0 Å². The molecule has 4 aliphatic rings. The summed E-state index contributed by atoms with van der Waals surface area (Å²) in [4.78, 5) is 0. The molecule has 4 bridgehead atoms. The molecule has 0 radical (unpaired) electrons. The molecule has 6 nitrogen and oxygen atoms in total. The van der Waals surface area contributed by atoms with Gasteiger partial charge in [-0.25, -0.2) is 0 Å². The van der Waals surface area contributed by atoms with E-state index < -0.39 is 0 Å². The monoisotopic (exact) mass is 412 g/mol. The van der Waals surface area contributed by atoms with Gasteiger partial charge in [-0.2, -0.15) is 0 Å². The van der Waals surface area contributed by atoms with Crippen molar-refractivity contribution in [2.45, 2.75) is 26.2 Å². The molecule has 0 spiro atoms. The Hall–Kier alpha value is -1.80. The zero-order chi connectivity index (χ0) is 20.7. The molecule has 6 heteroatoms. The highest BCUT2D eigenvalue weighted by Crippen LogP contribution is 2.05. The highest BCUT2D eigenvalue weighted by molar-refractivity contribution is 5.23. The Balaban J connectivity index is 1.42. The average Bonchev–Trinajstić information content (AvgIpc) is 2.78. The van der Waals surface area contributed by atoms with Crippen molar-refractivity contribution >= 4 is 0 Å². The molecule has 4 N–H and O–H groups in total. The van der Waals surface area contributed by atoms with E-state index in [-0.39, 0.29) is 0 Å². The molecule has 0 amide bonds. The Kier molecular flexibility index (Phi) is 10.9. The van der Waals surface area contributed by atoms with E-state index in [2.05, 4.69) is 69.8 Å². The van der Waals surface area contributed by atoms with Crippen LogP contribution in [-0.4, -0.2) is 52.6 Å². The van der Waals surface area contributed by atoms with E-state index in [1.165, 1.54) is 22.3 Å². The Morgan fingerprint density at radius 2 is 0.633 bits per heavy atom. The first kappa shape index (κ1) is 22.9. The second-order valence-corrected chi connectivity index (χ2v) is 7.56. The summed E-state index contributed by atoms with van der Waals surface area (Å²) in [6.07, 6.45) is 0. The first-order valence-corrected chi connectivity index (χ1v) is 11.0. The molecule has 6 rings (SSSR count). The molecule has 2 aromatic carbocycles. The van der Waals surface area contributed by atoms with E-state index in [0.717, 1.165) is 78.8 Å². The van der Waals surface area contributed by atoms with Crippen molar-refractivity contribution in [3.63, 3.8) is 0 Å². The predicted octanol–water partition coefficient (Wildman–Crippen LogP) is 1.79. The van der Waals surface area contributed by atoms with Gasteiger partial charge in [-0.05, 0) is 22.3 Å². The van der Waals surface area contributed by atoms with Crippen molar-refractivity contribution in [2.75, 3.05) is 52.6 Å². The van der Waals surface area contributed by atoms with Crippen molar-refractivity contribution in [1.82, 2.24) is 21.3 Å². The molecule has 0 fully saturated rings. The lowest BCUT2D eigenvalue weighted by Gasteiger charge is -2.10. The van der Waals surface area contributed by atoms with Gasteiger partial charge in [0.2, 0.25) is 0 Å². The van der Waals surface area contributed by atoms with Crippen LogP contribution in [0.1, 0.15) is 22.3 Å². The van der Waals surface area contributed by atoms with Gasteiger partial charge in [-0.1, -0.05) is 48.5 Å². The molecule has 0 aliphatic carbocycles. The molecule has 4 heterocycles. The summed E-state index contributed by atoms with van der Waals surface area (Å²) < 4.78 is 11.4. The molecular weight excluding hydrogens is 376 g/mol. The average molecular weight is 413 g/mol. The number of hydrogen-bond donors (Lipinski definition) is 4. The van der Waals surface area contributed by atoms with E-state index >= 15 is 0 Å². The normalized spacial score (nSPS) is 18.9. The number of ether oxygens (including phenoxy) is 2. The third-order valence-corrected chi connectivity index (χ3v) is 5.06. The Labute approximate surface area is 180 Å². The minimum Gasteiger partial charge on any atom is -0.379 e. The molecule has 30 heavy (non-hydrogen) atoms. The van der Waals surface area contributed by atoms with Gasteiger partial charge >= 0.3 is 0 Å². The summed E-state index contributed by atoms with van der Waals surface area (Å²) in [6.45, 7) is 9.83. The van der Waals surface area contributed by atoms with Crippen LogP contribution in [0.5, 0.6) is 0 Å². The van der Waals surface area contributed by atoms with Crippen molar-refractivity contribution in [1.29, 1.82) is 0 Å². The van der Waals surface area contributed by atoms with Crippen LogP contribution < -0.4 is 21.3 Å². The molecule has 0 saturated heterocycles. The van der Waals surface area contributed by atoms with E-state index in [4.69, 9.17) is 9.47 Å². The lowest BCUT2D eigenvalue weighted by Crippen LogP contribution is -2.24. The minimum atomic E-state index is 0.730. The van der Waals surface area contributed by atoms with Crippen molar-refractivity contribution in [3.05, 3.63) is 70.8 Å². The van der Waals surface area contributed by atoms with Crippen LogP contribution in [0.25, 0.3) is 0 Å². The van der Waals surface area contributed by atoms with Gasteiger partial charge in [0.15, 0.2) is 0 Å². The van der Waals surface area contributed by atoms with Crippen LogP contribution in [0.3, 0.4) is 0 Å². The van der Waals surface area contributed by atoms with Crippen molar-refractivity contribution < 1.29 is 9.47 Å². The molecule has 0 saturated carbocycles. The molecular formula is C24H36N4O2. The van der Waals surface area contributed by atoms with Crippen LogP contribution in [0.15, 0.2) is 48.5 Å². The molecule has 0 unspecified atom stereocenters. The Morgan fingerprint density at radius 3 is 0.867 bits per heavy atom. The zero-order valence-corrected chi connectivity index (χ0v) is 17.9.